The van der Waals surface area contributed by atoms with Crippen LogP contribution in [0.2, 0.25) is 5.02 Å². The van der Waals surface area contributed by atoms with Crippen LogP contribution in [0.3, 0.4) is 0 Å². The topological polar surface area (TPSA) is 58.1 Å². The van der Waals surface area contributed by atoms with Crippen LogP contribution in [0.4, 0.5) is 0 Å². The van der Waals surface area contributed by atoms with E-state index in [-0.39, 0.29) is 11.2 Å². The van der Waals surface area contributed by atoms with Gasteiger partial charge < -0.3 is 0 Å². The van der Waals surface area contributed by atoms with Crippen molar-refractivity contribution >= 4 is 28.1 Å². The summed E-state index contributed by atoms with van der Waals surface area (Å²) in [5, 5.41) is 1.32. The molecule has 4 rings (SSSR count). The molecule has 0 spiro atoms. The normalized spacial score (nSPS) is 14.9. The van der Waals surface area contributed by atoms with E-state index in [0.29, 0.717) is 17.4 Å². The van der Waals surface area contributed by atoms with Crippen LogP contribution < -0.4 is 11.2 Å². The summed E-state index contributed by atoms with van der Waals surface area (Å²) < 4.78 is 1.67. The molecule has 150 valence electrons. The predicted molar refractivity (Wildman–Crippen MR) is 119 cm³/mol. The van der Waals surface area contributed by atoms with E-state index in [1.807, 2.05) is 30.3 Å². The fraction of sp³-hybridized carbons (Fsp3) is 0.304. The molecule has 1 N–H and O–H groups in total. The molecule has 0 saturated heterocycles. The number of aromatic nitrogens is 2. The Morgan fingerprint density at radius 1 is 0.966 bits per heavy atom. The maximum atomic E-state index is 12.2. The lowest BCUT2D eigenvalue weighted by Gasteiger charge is -2.26. The van der Waals surface area contributed by atoms with E-state index in [9.17, 15) is 9.59 Å². The molecule has 0 unspecified atom stereocenters. The van der Waals surface area contributed by atoms with Gasteiger partial charge in [0.25, 0.3) is 5.56 Å². The zero-order valence-corrected chi connectivity index (χ0v) is 17.0. The van der Waals surface area contributed by atoms with Crippen LogP contribution >= 0.6 is 11.6 Å². The van der Waals surface area contributed by atoms with Gasteiger partial charge in [0, 0.05) is 24.7 Å². The second kappa shape index (κ2) is 8.80. The highest BCUT2D eigenvalue weighted by Gasteiger charge is 2.13. The highest BCUT2D eigenvalue weighted by Crippen LogP contribution is 2.23. The summed E-state index contributed by atoms with van der Waals surface area (Å²) in [7, 11) is 0. The molecule has 0 fully saturated rings. The van der Waals surface area contributed by atoms with Gasteiger partial charge in [-0.3, -0.25) is 19.2 Å². The number of aryl methyl sites for hydroxylation is 1. The Balaban J connectivity index is 1.32. The van der Waals surface area contributed by atoms with Crippen molar-refractivity contribution < 1.29 is 0 Å². The number of benzene rings is 2. The Morgan fingerprint density at radius 2 is 1.72 bits per heavy atom. The molecular formula is C23H24ClN3O2. The van der Waals surface area contributed by atoms with Crippen LogP contribution in [0.1, 0.15) is 24.8 Å². The van der Waals surface area contributed by atoms with Crippen LogP contribution in [-0.4, -0.2) is 34.1 Å². The fourth-order valence-corrected chi connectivity index (χ4v) is 4.04. The number of hydrogen-bond acceptors (Lipinski definition) is 3. The minimum Gasteiger partial charge on any atom is -0.299 e. The Morgan fingerprint density at radius 3 is 2.48 bits per heavy atom. The SMILES string of the molecule is O=c1[nH]c(=O)n(CCCCN2CC=C(c3ccc(Cl)cc3)CC2)c2ccccc12. The van der Waals surface area contributed by atoms with Crippen molar-refractivity contribution in [2.24, 2.45) is 0 Å². The average molecular weight is 410 g/mol. The van der Waals surface area contributed by atoms with E-state index in [1.165, 1.54) is 11.1 Å². The molecular weight excluding hydrogens is 386 g/mol. The Bertz CT molecular complexity index is 1150. The number of nitrogens with zero attached hydrogens (tertiary/aromatic N) is 2. The maximum absolute atomic E-state index is 12.2. The molecule has 0 amide bonds. The van der Waals surface area contributed by atoms with Crippen molar-refractivity contribution in [2.45, 2.75) is 25.8 Å². The summed E-state index contributed by atoms with van der Waals surface area (Å²) in [6, 6.07) is 15.3. The van der Waals surface area contributed by atoms with Crippen molar-refractivity contribution in [2.75, 3.05) is 19.6 Å². The van der Waals surface area contributed by atoms with Crippen LogP contribution in [0.5, 0.6) is 0 Å². The summed E-state index contributed by atoms with van der Waals surface area (Å²) in [4.78, 5) is 29.0. The Labute approximate surface area is 174 Å². The lowest BCUT2D eigenvalue weighted by atomic mass is 9.99. The maximum Gasteiger partial charge on any atom is 0.328 e. The zero-order chi connectivity index (χ0) is 20.2. The summed E-state index contributed by atoms with van der Waals surface area (Å²) in [6.45, 7) is 3.59. The van der Waals surface area contributed by atoms with Crippen LogP contribution in [0, 0.1) is 0 Å². The molecule has 2 heterocycles. The van der Waals surface area contributed by atoms with Gasteiger partial charge >= 0.3 is 5.69 Å². The second-order valence-corrected chi connectivity index (χ2v) is 7.86. The zero-order valence-electron chi connectivity index (χ0n) is 16.2. The number of nitrogens with one attached hydrogen (secondary N) is 1. The third-order valence-electron chi connectivity index (χ3n) is 5.52. The molecule has 1 aromatic heterocycles. The predicted octanol–water partition coefficient (Wildman–Crippen LogP) is 3.91. The number of fused-ring (bicyclic) bond motifs is 1. The summed E-state index contributed by atoms with van der Waals surface area (Å²) in [6.07, 6.45) is 5.22. The fourth-order valence-electron chi connectivity index (χ4n) is 3.91. The molecule has 0 atom stereocenters. The molecule has 0 bridgehead atoms. The summed E-state index contributed by atoms with van der Waals surface area (Å²) >= 11 is 5.97. The number of H-pyrrole nitrogens is 1. The van der Waals surface area contributed by atoms with E-state index in [4.69, 9.17) is 11.6 Å². The number of para-hydroxylation sites is 1. The molecule has 29 heavy (non-hydrogen) atoms. The number of aromatic amines is 1. The van der Waals surface area contributed by atoms with E-state index in [2.05, 4.69) is 28.1 Å². The standard InChI is InChI=1S/C23H24ClN3O2/c24-19-9-7-17(8-10-19)18-11-15-26(16-12-18)13-3-4-14-27-21-6-2-1-5-20(21)22(28)25-23(27)29/h1-2,5-11H,3-4,12-16H2,(H,25,28,29). The van der Waals surface area contributed by atoms with E-state index >= 15 is 0 Å². The molecule has 0 radical (unpaired) electrons. The van der Waals surface area contributed by atoms with Crippen LogP contribution in [0.15, 0.2) is 64.2 Å². The first kappa shape index (κ1) is 19.7. The molecule has 6 heteroatoms. The van der Waals surface area contributed by atoms with E-state index in [1.54, 1.807) is 10.6 Å². The third-order valence-corrected chi connectivity index (χ3v) is 5.77. The quantitative estimate of drug-likeness (QED) is 0.628. The molecule has 0 aliphatic carbocycles. The number of halogens is 1. The van der Waals surface area contributed by atoms with Gasteiger partial charge in [0.1, 0.15) is 0 Å². The highest BCUT2D eigenvalue weighted by atomic mass is 35.5. The van der Waals surface area contributed by atoms with Crippen LogP contribution in [0.25, 0.3) is 16.5 Å². The van der Waals surface area contributed by atoms with Gasteiger partial charge in [-0.2, -0.15) is 0 Å². The van der Waals surface area contributed by atoms with Gasteiger partial charge in [0.05, 0.1) is 10.9 Å². The summed E-state index contributed by atoms with van der Waals surface area (Å²) in [5.41, 5.74) is 2.68. The average Bonchev–Trinajstić information content (AvgIpc) is 2.74. The largest absolute Gasteiger partial charge is 0.328 e. The van der Waals surface area contributed by atoms with Gasteiger partial charge in [-0.1, -0.05) is 41.9 Å². The Kier molecular flexibility index (Phi) is 5.97. The van der Waals surface area contributed by atoms with E-state index < -0.39 is 0 Å². The van der Waals surface area contributed by atoms with Gasteiger partial charge in [-0.05, 0) is 61.2 Å². The monoisotopic (exact) mass is 409 g/mol. The minimum absolute atomic E-state index is 0.321. The van der Waals surface area contributed by atoms with Crippen molar-refractivity contribution in [1.29, 1.82) is 0 Å². The number of rotatable bonds is 6. The number of unbranched alkanes of at least 4 members (excludes halogenated alkanes) is 1. The smallest absolute Gasteiger partial charge is 0.299 e. The second-order valence-electron chi connectivity index (χ2n) is 7.42. The first-order valence-corrected chi connectivity index (χ1v) is 10.4. The first-order valence-electron chi connectivity index (χ1n) is 10.0. The van der Waals surface area contributed by atoms with Gasteiger partial charge in [-0.25, -0.2) is 4.79 Å². The lowest BCUT2D eigenvalue weighted by Crippen LogP contribution is -2.31. The van der Waals surface area contributed by atoms with Crippen molar-refractivity contribution in [3.63, 3.8) is 0 Å². The molecule has 1 aliphatic heterocycles. The van der Waals surface area contributed by atoms with Gasteiger partial charge in [0.15, 0.2) is 0 Å². The van der Waals surface area contributed by atoms with Crippen molar-refractivity contribution in [3.05, 3.63) is 86.0 Å². The molecule has 3 aromatic rings. The molecule has 5 nitrogen and oxygen atoms in total. The molecule has 0 saturated carbocycles. The lowest BCUT2D eigenvalue weighted by molar-refractivity contribution is 0.292. The summed E-state index contributed by atoms with van der Waals surface area (Å²) in [5.74, 6) is 0. The van der Waals surface area contributed by atoms with Crippen molar-refractivity contribution in [1.82, 2.24) is 14.5 Å². The minimum atomic E-state index is -0.331. The molecule has 2 aromatic carbocycles. The number of hydrogen-bond donors (Lipinski definition) is 1. The van der Waals surface area contributed by atoms with Crippen molar-refractivity contribution in [3.8, 4) is 0 Å². The van der Waals surface area contributed by atoms with Crippen LogP contribution in [-0.2, 0) is 6.54 Å². The molecule has 1 aliphatic rings. The van der Waals surface area contributed by atoms with Gasteiger partial charge in [0.2, 0.25) is 0 Å². The van der Waals surface area contributed by atoms with Gasteiger partial charge in [-0.15, -0.1) is 0 Å². The third kappa shape index (κ3) is 4.52. The van der Waals surface area contributed by atoms with E-state index in [0.717, 1.165) is 43.9 Å². The Hall–Kier alpha value is -2.63. The first-order chi connectivity index (χ1) is 14.1. The highest BCUT2D eigenvalue weighted by molar-refractivity contribution is 6.30.